The number of rotatable bonds is 5. The molecule has 1 aliphatic carbocycles. The van der Waals surface area contributed by atoms with Gasteiger partial charge in [0.05, 0.1) is 10.6 Å². The fourth-order valence-corrected chi connectivity index (χ4v) is 4.59. The monoisotopic (exact) mass is 386 g/mol. The molecule has 1 fully saturated rings. The van der Waals surface area contributed by atoms with Crippen molar-refractivity contribution in [3.05, 3.63) is 53.6 Å². The maximum Gasteiger partial charge on any atom is 0.261 e. The highest BCUT2D eigenvalue weighted by molar-refractivity contribution is 7.92. The second-order valence-corrected chi connectivity index (χ2v) is 8.95. The van der Waals surface area contributed by atoms with Gasteiger partial charge in [-0.1, -0.05) is 37.0 Å². The summed E-state index contributed by atoms with van der Waals surface area (Å²) in [6.07, 6.45) is 5.25. The first-order valence-corrected chi connectivity index (χ1v) is 10.8. The van der Waals surface area contributed by atoms with Crippen molar-refractivity contribution in [1.82, 2.24) is 0 Å². The topological polar surface area (TPSA) is 75.3 Å². The number of nitrogens with one attached hydrogen (secondary N) is 2. The minimum atomic E-state index is -3.68. The van der Waals surface area contributed by atoms with E-state index in [-0.39, 0.29) is 16.7 Å². The van der Waals surface area contributed by atoms with Crippen LogP contribution in [-0.2, 0) is 14.8 Å². The summed E-state index contributed by atoms with van der Waals surface area (Å²) in [6, 6.07) is 11.9. The number of amides is 1. The van der Waals surface area contributed by atoms with Crippen molar-refractivity contribution in [1.29, 1.82) is 0 Å². The van der Waals surface area contributed by atoms with Crippen LogP contribution in [0, 0.1) is 19.8 Å². The molecule has 1 aliphatic rings. The van der Waals surface area contributed by atoms with Crippen molar-refractivity contribution in [2.45, 2.75) is 50.8 Å². The molecule has 1 saturated carbocycles. The molecule has 1 amide bonds. The van der Waals surface area contributed by atoms with Crippen molar-refractivity contribution in [3.63, 3.8) is 0 Å². The average molecular weight is 387 g/mol. The van der Waals surface area contributed by atoms with Crippen LogP contribution in [-0.4, -0.2) is 14.3 Å². The first-order valence-electron chi connectivity index (χ1n) is 9.36. The number of carbonyl (C=O) groups is 1. The Hall–Kier alpha value is -2.34. The minimum absolute atomic E-state index is 0.0266. The minimum Gasteiger partial charge on any atom is -0.326 e. The summed E-state index contributed by atoms with van der Waals surface area (Å²) in [6.45, 7) is 3.83. The summed E-state index contributed by atoms with van der Waals surface area (Å²) < 4.78 is 27.9. The molecule has 3 rings (SSSR count). The molecule has 2 aromatic rings. The molecular formula is C21H26N2O3S. The molecule has 0 aliphatic heterocycles. The maximum absolute atomic E-state index is 12.6. The summed E-state index contributed by atoms with van der Waals surface area (Å²) in [7, 11) is -3.68. The number of anilines is 2. The van der Waals surface area contributed by atoms with Gasteiger partial charge in [0.25, 0.3) is 10.0 Å². The number of hydrogen-bond acceptors (Lipinski definition) is 3. The predicted molar refractivity (Wildman–Crippen MR) is 108 cm³/mol. The van der Waals surface area contributed by atoms with Gasteiger partial charge in [-0.2, -0.15) is 0 Å². The molecule has 0 aromatic heterocycles. The molecule has 0 radical (unpaired) electrons. The predicted octanol–water partition coefficient (Wildman–Crippen LogP) is 4.62. The first kappa shape index (κ1) is 19.4. The number of aryl methyl sites for hydroxylation is 2. The van der Waals surface area contributed by atoms with Gasteiger partial charge in [0.2, 0.25) is 5.91 Å². The summed E-state index contributed by atoms with van der Waals surface area (Å²) >= 11 is 0. The van der Waals surface area contributed by atoms with Gasteiger partial charge in [0.1, 0.15) is 0 Å². The third-order valence-electron chi connectivity index (χ3n) is 5.03. The van der Waals surface area contributed by atoms with Crippen molar-refractivity contribution in [2.75, 3.05) is 10.0 Å². The number of sulfonamides is 1. The third-order valence-corrected chi connectivity index (χ3v) is 6.42. The lowest BCUT2D eigenvalue weighted by molar-refractivity contribution is -0.120. The van der Waals surface area contributed by atoms with Crippen LogP contribution in [0.1, 0.15) is 43.2 Å². The van der Waals surface area contributed by atoms with Crippen LogP contribution in [0.5, 0.6) is 0 Å². The van der Waals surface area contributed by atoms with Gasteiger partial charge in [-0.25, -0.2) is 8.42 Å². The molecule has 0 saturated heterocycles. The Kier molecular flexibility index (Phi) is 5.85. The van der Waals surface area contributed by atoms with E-state index in [1.54, 1.807) is 18.2 Å². The number of carbonyl (C=O) groups excluding carboxylic acids is 1. The lowest BCUT2D eigenvalue weighted by Gasteiger charge is -2.20. The summed E-state index contributed by atoms with van der Waals surface area (Å²) in [5.41, 5.74) is 3.13. The quantitative estimate of drug-likeness (QED) is 0.787. The zero-order valence-corrected chi connectivity index (χ0v) is 16.6. The van der Waals surface area contributed by atoms with Crippen LogP contribution in [0.2, 0.25) is 0 Å². The van der Waals surface area contributed by atoms with Crippen molar-refractivity contribution in [3.8, 4) is 0 Å². The molecule has 2 N–H and O–H groups in total. The van der Waals surface area contributed by atoms with Crippen molar-refractivity contribution in [2.24, 2.45) is 5.92 Å². The van der Waals surface area contributed by atoms with Crippen LogP contribution < -0.4 is 10.0 Å². The first-order chi connectivity index (χ1) is 12.8. The standard InChI is InChI=1S/C21H26N2O3S/c1-15-8-13-20(16(2)14-15)23-27(25,26)19-11-9-18(10-12-19)22-21(24)17-6-4-3-5-7-17/h8-14,17,23H,3-7H2,1-2H3,(H,22,24). The second kappa shape index (κ2) is 8.13. The molecule has 5 nitrogen and oxygen atoms in total. The molecule has 0 atom stereocenters. The van der Waals surface area contributed by atoms with Crippen molar-refractivity contribution >= 4 is 27.3 Å². The largest absolute Gasteiger partial charge is 0.326 e. The van der Waals surface area contributed by atoms with Crippen LogP contribution in [0.3, 0.4) is 0 Å². The molecule has 0 bridgehead atoms. The van der Waals surface area contributed by atoms with E-state index in [0.717, 1.165) is 36.8 Å². The van der Waals surface area contributed by atoms with E-state index in [1.165, 1.54) is 18.6 Å². The SMILES string of the molecule is Cc1ccc(NS(=O)(=O)c2ccc(NC(=O)C3CCCCC3)cc2)c(C)c1. The third kappa shape index (κ3) is 4.89. The Balaban J connectivity index is 1.69. The highest BCUT2D eigenvalue weighted by Gasteiger charge is 2.21. The van der Waals surface area contributed by atoms with Crippen LogP contribution in [0.4, 0.5) is 11.4 Å². The van der Waals surface area contributed by atoms with Gasteiger partial charge in [-0.3, -0.25) is 9.52 Å². The smallest absolute Gasteiger partial charge is 0.261 e. The van der Waals surface area contributed by atoms with E-state index in [2.05, 4.69) is 10.0 Å². The second-order valence-electron chi connectivity index (χ2n) is 7.27. The number of benzene rings is 2. The highest BCUT2D eigenvalue weighted by atomic mass is 32.2. The van der Waals surface area contributed by atoms with E-state index in [9.17, 15) is 13.2 Å². The molecule has 0 unspecified atom stereocenters. The Morgan fingerprint density at radius 1 is 0.963 bits per heavy atom. The van der Waals surface area contributed by atoms with Gasteiger partial charge in [0, 0.05) is 11.6 Å². The molecule has 0 spiro atoms. The summed E-state index contributed by atoms with van der Waals surface area (Å²) in [4.78, 5) is 12.5. The maximum atomic E-state index is 12.6. The number of hydrogen-bond donors (Lipinski definition) is 2. The van der Waals surface area contributed by atoms with Crippen LogP contribution >= 0.6 is 0 Å². The van der Waals surface area contributed by atoms with Gasteiger partial charge in [-0.05, 0) is 62.6 Å². The van der Waals surface area contributed by atoms with E-state index in [0.29, 0.717) is 11.4 Å². The fraction of sp³-hybridized carbons (Fsp3) is 0.381. The average Bonchev–Trinajstić information content (AvgIpc) is 2.65. The van der Waals surface area contributed by atoms with Crippen LogP contribution in [0.15, 0.2) is 47.4 Å². The Morgan fingerprint density at radius 2 is 1.63 bits per heavy atom. The normalized spacial score (nSPS) is 15.3. The Bertz CT molecular complexity index is 915. The van der Waals surface area contributed by atoms with Gasteiger partial charge in [0.15, 0.2) is 0 Å². The Labute approximate surface area is 161 Å². The van der Waals surface area contributed by atoms with E-state index in [1.807, 2.05) is 26.0 Å². The van der Waals surface area contributed by atoms with Gasteiger partial charge < -0.3 is 5.32 Å². The van der Waals surface area contributed by atoms with Gasteiger partial charge >= 0.3 is 0 Å². The molecule has 27 heavy (non-hydrogen) atoms. The summed E-state index contributed by atoms with van der Waals surface area (Å²) in [5, 5.41) is 2.90. The highest BCUT2D eigenvalue weighted by Crippen LogP contribution is 2.26. The van der Waals surface area contributed by atoms with E-state index < -0.39 is 10.0 Å². The molecule has 6 heteroatoms. The van der Waals surface area contributed by atoms with Crippen molar-refractivity contribution < 1.29 is 13.2 Å². The lowest BCUT2D eigenvalue weighted by atomic mass is 9.88. The van der Waals surface area contributed by atoms with E-state index in [4.69, 9.17) is 0 Å². The zero-order chi connectivity index (χ0) is 19.4. The van der Waals surface area contributed by atoms with Crippen LogP contribution in [0.25, 0.3) is 0 Å². The molecular weight excluding hydrogens is 360 g/mol. The molecule has 144 valence electrons. The Morgan fingerprint density at radius 3 is 2.26 bits per heavy atom. The lowest BCUT2D eigenvalue weighted by Crippen LogP contribution is -2.24. The zero-order valence-electron chi connectivity index (χ0n) is 15.8. The van der Waals surface area contributed by atoms with Gasteiger partial charge in [-0.15, -0.1) is 0 Å². The van der Waals surface area contributed by atoms with E-state index >= 15 is 0 Å². The summed E-state index contributed by atoms with van der Waals surface area (Å²) in [5.74, 6) is 0.0899. The molecule has 0 heterocycles. The fourth-order valence-electron chi connectivity index (χ4n) is 3.46. The molecule has 2 aromatic carbocycles.